The minimum absolute atomic E-state index is 0.251. The number of hydrogen-bond donors (Lipinski definition) is 1. The number of benzene rings is 1. The second-order valence-corrected chi connectivity index (χ2v) is 7.05. The topological polar surface area (TPSA) is 12.0 Å². The van der Waals surface area contributed by atoms with Gasteiger partial charge in [-0.1, -0.05) is 39.8 Å². The van der Waals surface area contributed by atoms with E-state index < -0.39 is 0 Å². The average Bonchev–Trinajstić information content (AvgIpc) is 2.33. The fraction of sp³-hybridized carbons (Fsp3) is 0.625. The van der Waals surface area contributed by atoms with Crippen molar-refractivity contribution in [1.82, 2.24) is 5.32 Å². The lowest BCUT2D eigenvalue weighted by molar-refractivity contribution is 0.555. The molecule has 0 aliphatic carbocycles. The molecule has 0 fully saturated rings. The van der Waals surface area contributed by atoms with E-state index in [-0.39, 0.29) is 5.41 Å². The second-order valence-electron chi connectivity index (χ2n) is 5.89. The molecule has 0 saturated heterocycles. The van der Waals surface area contributed by atoms with Gasteiger partial charge in [0.05, 0.1) is 0 Å². The van der Waals surface area contributed by atoms with E-state index in [1.165, 1.54) is 16.9 Å². The van der Waals surface area contributed by atoms with Crippen LogP contribution in [-0.4, -0.2) is 18.3 Å². The first kappa shape index (κ1) is 15.6. The zero-order valence-corrected chi connectivity index (χ0v) is 13.2. The molecule has 1 unspecified atom stereocenters. The van der Waals surface area contributed by atoms with Gasteiger partial charge < -0.3 is 5.32 Å². The Bertz CT molecular complexity index is 337. The first-order valence-electron chi connectivity index (χ1n) is 6.90. The van der Waals surface area contributed by atoms with Crippen LogP contribution in [0.5, 0.6) is 0 Å². The molecule has 18 heavy (non-hydrogen) atoms. The predicted octanol–water partition coefficient (Wildman–Crippen LogP) is 4.46. The third-order valence-corrected chi connectivity index (χ3v) is 4.21. The summed E-state index contributed by atoms with van der Waals surface area (Å²) < 4.78 is 0. The maximum atomic E-state index is 3.52. The van der Waals surface area contributed by atoms with Crippen LogP contribution in [0.25, 0.3) is 0 Å². The lowest BCUT2D eigenvalue weighted by Gasteiger charge is -2.19. The molecule has 0 aliphatic heterocycles. The summed E-state index contributed by atoms with van der Waals surface area (Å²) in [5, 5.41) is 3.52. The van der Waals surface area contributed by atoms with Gasteiger partial charge in [-0.05, 0) is 36.5 Å². The molecule has 0 saturated carbocycles. The molecule has 102 valence electrons. The molecule has 0 amide bonds. The summed E-state index contributed by atoms with van der Waals surface area (Å²) in [6.45, 7) is 12.3. The van der Waals surface area contributed by atoms with Crippen LogP contribution in [0.1, 0.15) is 46.6 Å². The van der Waals surface area contributed by atoms with Gasteiger partial charge in [0.25, 0.3) is 0 Å². The zero-order chi connectivity index (χ0) is 13.6. The molecule has 1 N–H and O–H groups in total. The molecule has 0 aromatic heterocycles. The first-order chi connectivity index (χ1) is 8.43. The Balaban J connectivity index is 2.36. The van der Waals surface area contributed by atoms with Crippen LogP contribution in [0.3, 0.4) is 0 Å². The molecule has 0 aliphatic rings. The van der Waals surface area contributed by atoms with Crippen LogP contribution in [0.15, 0.2) is 29.2 Å². The standard InChI is InChI=1S/C16H27NS/c1-6-13(2)17-11-12-18-15-9-7-14(8-10-15)16(3,4)5/h7-10,13,17H,6,11-12H2,1-5H3. The van der Waals surface area contributed by atoms with Gasteiger partial charge in [0.15, 0.2) is 0 Å². The molecular formula is C16H27NS. The van der Waals surface area contributed by atoms with E-state index in [0.717, 1.165) is 12.3 Å². The Morgan fingerprint density at radius 1 is 1.17 bits per heavy atom. The van der Waals surface area contributed by atoms with Gasteiger partial charge in [-0.25, -0.2) is 0 Å². The number of rotatable bonds is 6. The Morgan fingerprint density at radius 3 is 2.28 bits per heavy atom. The van der Waals surface area contributed by atoms with Crippen molar-refractivity contribution < 1.29 is 0 Å². The van der Waals surface area contributed by atoms with Crippen LogP contribution in [0, 0.1) is 0 Å². The summed E-state index contributed by atoms with van der Waals surface area (Å²) in [4.78, 5) is 1.37. The summed E-state index contributed by atoms with van der Waals surface area (Å²) in [6, 6.07) is 9.63. The van der Waals surface area contributed by atoms with Gasteiger partial charge >= 0.3 is 0 Å². The molecule has 0 bridgehead atoms. The molecule has 1 aromatic carbocycles. The number of thioether (sulfide) groups is 1. The quantitative estimate of drug-likeness (QED) is 0.602. The van der Waals surface area contributed by atoms with E-state index in [0.29, 0.717) is 6.04 Å². The van der Waals surface area contributed by atoms with Gasteiger partial charge in [0, 0.05) is 23.2 Å². The SMILES string of the molecule is CCC(C)NCCSc1ccc(C(C)(C)C)cc1. The zero-order valence-electron chi connectivity index (χ0n) is 12.4. The summed E-state index contributed by atoms with van der Waals surface area (Å²) in [5.74, 6) is 1.14. The highest BCUT2D eigenvalue weighted by molar-refractivity contribution is 7.99. The maximum absolute atomic E-state index is 3.52. The van der Waals surface area contributed by atoms with Gasteiger partial charge in [-0.15, -0.1) is 11.8 Å². The van der Waals surface area contributed by atoms with Crippen molar-refractivity contribution in [2.24, 2.45) is 0 Å². The molecule has 1 aromatic rings. The third-order valence-electron chi connectivity index (χ3n) is 3.20. The monoisotopic (exact) mass is 265 g/mol. The van der Waals surface area contributed by atoms with Crippen molar-refractivity contribution in [2.75, 3.05) is 12.3 Å². The molecular weight excluding hydrogens is 238 g/mol. The predicted molar refractivity (Wildman–Crippen MR) is 83.6 cm³/mol. The van der Waals surface area contributed by atoms with E-state index in [2.05, 4.69) is 64.2 Å². The lowest BCUT2D eigenvalue weighted by Crippen LogP contribution is -2.27. The van der Waals surface area contributed by atoms with Crippen LogP contribution in [0.2, 0.25) is 0 Å². The smallest absolute Gasteiger partial charge is 0.0106 e. The summed E-state index contributed by atoms with van der Waals surface area (Å²) >= 11 is 1.93. The van der Waals surface area contributed by atoms with Crippen molar-refractivity contribution >= 4 is 11.8 Å². The fourth-order valence-electron chi connectivity index (χ4n) is 1.67. The minimum Gasteiger partial charge on any atom is -0.313 e. The van der Waals surface area contributed by atoms with Crippen molar-refractivity contribution in [3.63, 3.8) is 0 Å². The highest BCUT2D eigenvalue weighted by atomic mass is 32.2. The van der Waals surface area contributed by atoms with Crippen molar-refractivity contribution in [1.29, 1.82) is 0 Å². The Hall–Kier alpha value is -0.470. The number of hydrogen-bond acceptors (Lipinski definition) is 2. The lowest BCUT2D eigenvalue weighted by atomic mass is 9.87. The molecule has 1 rings (SSSR count). The van der Waals surface area contributed by atoms with E-state index in [1.807, 2.05) is 11.8 Å². The maximum Gasteiger partial charge on any atom is 0.0106 e. The van der Waals surface area contributed by atoms with Crippen molar-refractivity contribution in [3.05, 3.63) is 29.8 Å². The van der Waals surface area contributed by atoms with Gasteiger partial charge in [-0.2, -0.15) is 0 Å². The van der Waals surface area contributed by atoms with Crippen LogP contribution >= 0.6 is 11.8 Å². The molecule has 1 nitrogen and oxygen atoms in total. The normalized spacial score (nSPS) is 13.6. The summed E-state index contributed by atoms with van der Waals surface area (Å²) in [6.07, 6.45) is 1.20. The second kappa shape index (κ2) is 7.20. The van der Waals surface area contributed by atoms with Gasteiger partial charge in [0.1, 0.15) is 0 Å². The third kappa shape index (κ3) is 5.45. The molecule has 0 heterocycles. The van der Waals surface area contributed by atoms with E-state index in [1.54, 1.807) is 0 Å². The highest BCUT2D eigenvalue weighted by Crippen LogP contribution is 2.25. The molecule has 1 atom stereocenters. The molecule has 2 heteroatoms. The van der Waals surface area contributed by atoms with E-state index >= 15 is 0 Å². The summed E-state index contributed by atoms with van der Waals surface area (Å²) in [7, 11) is 0. The first-order valence-corrected chi connectivity index (χ1v) is 7.88. The van der Waals surface area contributed by atoms with Gasteiger partial charge in [-0.3, -0.25) is 0 Å². The summed E-state index contributed by atoms with van der Waals surface area (Å²) in [5.41, 5.74) is 1.66. The molecule has 0 spiro atoms. The van der Waals surface area contributed by atoms with Crippen LogP contribution < -0.4 is 5.32 Å². The van der Waals surface area contributed by atoms with Crippen LogP contribution in [-0.2, 0) is 5.41 Å². The Labute approximate surface area is 117 Å². The number of nitrogens with one attached hydrogen (secondary N) is 1. The van der Waals surface area contributed by atoms with Crippen molar-refractivity contribution in [3.8, 4) is 0 Å². The van der Waals surface area contributed by atoms with Crippen molar-refractivity contribution in [2.45, 2.75) is 57.4 Å². The highest BCUT2D eigenvalue weighted by Gasteiger charge is 2.12. The Morgan fingerprint density at radius 2 is 1.78 bits per heavy atom. The molecule has 0 radical (unpaired) electrons. The minimum atomic E-state index is 0.251. The Kier molecular flexibility index (Phi) is 6.24. The van der Waals surface area contributed by atoms with E-state index in [9.17, 15) is 0 Å². The fourth-order valence-corrected chi connectivity index (χ4v) is 2.45. The largest absolute Gasteiger partial charge is 0.313 e. The van der Waals surface area contributed by atoms with Gasteiger partial charge in [0.2, 0.25) is 0 Å². The van der Waals surface area contributed by atoms with Crippen LogP contribution in [0.4, 0.5) is 0 Å². The average molecular weight is 265 g/mol. The van der Waals surface area contributed by atoms with E-state index in [4.69, 9.17) is 0 Å².